The number of carbonyl (C=O) groups excluding carboxylic acids is 1. The van der Waals surface area contributed by atoms with Gasteiger partial charge in [-0.25, -0.2) is 18.5 Å². The number of nitrogens with zero attached hydrogens (tertiary/aromatic N) is 4. The van der Waals surface area contributed by atoms with Gasteiger partial charge in [0.2, 0.25) is 10.0 Å². The van der Waals surface area contributed by atoms with Crippen LogP contribution >= 0.6 is 11.6 Å². The molecule has 1 unspecified atom stereocenters. The molecule has 3 aliphatic heterocycles. The van der Waals surface area contributed by atoms with Gasteiger partial charge in [-0.05, 0) is 107 Å². The van der Waals surface area contributed by atoms with Crippen LogP contribution in [0.3, 0.4) is 0 Å². The number of hydrogen-bond acceptors (Lipinski definition) is 5. The minimum atomic E-state index is -4.04. The van der Waals surface area contributed by atoms with Gasteiger partial charge in [0.1, 0.15) is 10.7 Å². The number of halogens is 1. The number of amides is 1. The Morgan fingerprint density at radius 2 is 1.67 bits per heavy atom. The molecule has 0 saturated carbocycles. The lowest BCUT2D eigenvalue weighted by molar-refractivity contribution is 0.0606. The lowest BCUT2D eigenvalue weighted by Crippen LogP contribution is -2.49. The molecule has 10 heteroatoms. The van der Waals surface area contributed by atoms with Crippen molar-refractivity contribution in [1.29, 1.82) is 0 Å². The molecule has 3 fully saturated rings. The second-order valence-electron chi connectivity index (χ2n) is 13.6. The molecular formula is C36H42ClN5O3S. The number of nitrogens with two attached hydrogens (primary N) is 1. The predicted octanol–water partition coefficient (Wildman–Crippen LogP) is 6.39. The quantitative estimate of drug-likeness (QED) is 0.248. The molecule has 3 aromatic carbocycles. The summed E-state index contributed by atoms with van der Waals surface area (Å²) in [5.74, 6) is 0.917. The highest BCUT2D eigenvalue weighted by Crippen LogP contribution is 2.45. The van der Waals surface area contributed by atoms with Gasteiger partial charge in [0, 0.05) is 36.8 Å². The van der Waals surface area contributed by atoms with Crippen LogP contribution in [0.25, 0.3) is 11.0 Å². The first-order valence-corrected chi connectivity index (χ1v) is 18.3. The second-order valence-corrected chi connectivity index (χ2v) is 15.6. The molecule has 2 bridgehead atoms. The maximum atomic E-state index is 13.6. The Hall–Kier alpha value is -3.24. The van der Waals surface area contributed by atoms with Gasteiger partial charge in [-0.15, -0.1) is 0 Å². The number of carbonyl (C=O) groups is 1. The van der Waals surface area contributed by atoms with E-state index in [0.29, 0.717) is 31.2 Å². The van der Waals surface area contributed by atoms with E-state index in [2.05, 4.69) is 71.8 Å². The number of primary sulfonamides is 1. The molecule has 3 aliphatic rings. The van der Waals surface area contributed by atoms with Gasteiger partial charge in [-0.3, -0.25) is 9.69 Å². The second kappa shape index (κ2) is 12.1. The van der Waals surface area contributed by atoms with Crippen LogP contribution < -0.4 is 5.14 Å². The van der Waals surface area contributed by atoms with Crippen LogP contribution in [0, 0.1) is 13.8 Å². The lowest BCUT2D eigenvalue weighted by Gasteiger charge is -2.46. The Labute approximate surface area is 276 Å². The van der Waals surface area contributed by atoms with E-state index in [9.17, 15) is 13.2 Å². The molecule has 3 saturated heterocycles. The number of rotatable bonds is 7. The molecule has 3 atom stereocenters. The standard InChI is InChI=1S/C36H42ClN5O3S/c1-24-6-5-7-27(20-24)36(14-17-40(18-15-36)35(43)26-10-13-31(37)34(21-26)46(38,44)45)16-19-41-28-11-12-29(41)23-30(22-28)42-25(2)39-32-8-3-4-9-33(32)42/h3-10,13,20-21,28-30H,11-12,14-19,22-23H2,1-2H3,(H2,38,44,45)/t28-,29+,30?. The SMILES string of the molecule is Cc1cccc(C2(CCN3[C@@H]4CC[C@H]3CC(n3c(C)nc5ccccc53)C4)CCN(C(=O)c3ccc(Cl)c(S(N)(=O)=O)c3)CC2)c1. The summed E-state index contributed by atoms with van der Waals surface area (Å²) >= 11 is 6.08. The highest BCUT2D eigenvalue weighted by atomic mass is 35.5. The highest BCUT2D eigenvalue weighted by molar-refractivity contribution is 7.89. The van der Waals surface area contributed by atoms with Crippen molar-refractivity contribution in [3.8, 4) is 0 Å². The molecule has 2 N–H and O–H groups in total. The molecule has 4 heterocycles. The van der Waals surface area contributed by atoms with Gasteiger partial charge in [0.15, 0.2) is 0 Å². The first kappa shape index (κ1) is 31.4. The molecular weight excluding hydrogens is 618 g/mol. The summed E-state index contributed by atoms with van der Waals surface area (Å²) < 4.78 is 26.6. The molecule has 46 heavy (non-hydrogen) atoms. The molecule has 0 aliphatic carbocycles. The van der Waals surface area contributed by atoms with E-state index in [4.69, 9.17) is 21.7 Å². The zero-order valence-electron chi connectivity index (χ0n) is 26.5. The summed E-state index contributed by atoms with van der Waals surface area (Å²) in [6.07, 6.45) is 7.54. The third kappa shape index (κ3) is 5.76. The van der Waals surface area contributed by atoms with Gasteiger partial charge in [-0.2, -0.15) is 0 Å². The molecule has 4 aromatic rings. The third-order valence-electron chi connectivity index (χ3n) is 11.0. The van der Waals surface area contributed by atoms with E-state index < -0.39 is 10.0 Å². The fourth-order valence-electron chi connectivity index (χ4n) is 8.62. The Balaban J connectivity index is 1.08. The van der Waals surface area contributed by atoms with E-state index in [0.717, 1.165) is 50.0 Å². The Bertz CT molecular complexity index is 1880. The van der Waals surface area contributed by atoms with Crippen molar-refractivity contribution in [2.45, 2.75) is 87.2 Å². The summed E-state index contributed by atoms with van der Waals surface area (Å²) in [6.45, 7) is 6.53. The van der Waals surface area contributed by atoms with Gasteiger partial charge in [0.25, 0.3) is 5.91 Å². The first-order chi connectivity index (χ1) is 22.0. The summed E-state index contributed by atoms with van der Waals surface area (Å²) in [5, 5.41) is 5.37. The van der Waals surface area contributed by atoms with Gasteiger partial charge >= 0.3 is 0 Å². The molecule has 0 spiro atoms. The van der Waals surface area contributed by atoms with E-state index in [1.54, 1.807) is 6.07 Å². The fraction of sp³-hybridized carbons (Fsp3) is 0.444. The predicted molar refractivity (Wildman–Crippen MR) is 182 cm³/mol. The number of sulfonamides is 1. The van der Waals surface area contributed by atoms with E-state index in [1.807, 2.05) is 4.90 Å². The maximum Gasteiger partial charge on any atom is 0.253 e. The van der Waals surface area contributed by atoms with Crippen molar-refractivity contribution in [2.24, 2.45) is 5.14 Å². The van der Waals surface area contributed by atoms with E-state index >= 15 is 0 Å². The molecule has 1 aromatic heterocycles. The Morgan fingerprint density at radius 3 is 2.37 bits per heavy atom. The lowest BCUT2D eigenvalue weighted by atomic mass is 9.70. The number of benzene rings is 3. The number of hydrogen-bond donors (Lipinski definition) is 1. The van der Waals surface area contributed by atoms with Gasteiger partial charge < -0.3 is 9.47 Å². The molecule has 242 valence electrons. The monoisotopic (exact) mass is 659 g/mol. The van der Waals surface area contributed by atoms with Crippen LogP contribution in [0.15, 0.2) is 71.6 Å². The number of fused-ring (bicyclic) bond motifs is 3. The van der Waals surface area contributed by atoms with Crippen LogP contribution in [-0.4, -0.2) is 65.4 Å². The normalized spacial score (nSPS) is 23.2. The first-order valence-electron chi connectivity index (χ1n) is 16.4. The third-order valence-corrected chi connectivity index (χ3v) is 12.4. The number of aryl methyl sites for hydroxylation is 2. The minimum Gasteiger partial charge on any atom is -0.339 e. The number of para-hydroxylation sites is 2. The van der Waals surface area contributed by atoms with Crippen molar-refractivity contribution < 1.29 is 13.2 Å². The van der Waals surface area contributed by atoms with Gasteiger partial charge in [0.05, 0.1) is 16.1 Å². The van der Waals surface area contributed by atoms with Crippen LogP contribution in [-0.2, 0) is 15.4 Å². The zero-order valence-corrected chi connectivity index (χ0v) is 28.1. The van der Waals surface area contributed by atoms with Crippen LogP contribution in [0.5, 0.6) is 0 Å². The maximum absolute atomic E-state index is 13.6. The number of piperidine rings is 2. The van der Waals surface area contributed by atoms with Crippen LogP contribution in [0.1, 0.15) is 78.3 Å². The van der Waals surface area contributed by atoms with Crippen molar-refractivity contribution in [1.82, 2.24) is 19.4 Å². The summed E-state index contributed by atoms with van der Waals surface area (Å²) in [5.41, 5.74) is 5.18. The Kier molecular flexibility index (Phi) is 8.24. The molecule has 0 radical (unpaired) electrons. The minimum absolute atomic E-state index is 0.0164. The van der Waals surface area contributed by atoms with E-state index in [-0.39, 0.29) is 26.8 Å². The molecule has 7 rings (SSSR count). The summed E-state index contributed by atoms with van der Waals surface area (Å²) in [6, 6.07) is 23.3. The Morgan fingerprint density at radius 1 is 0.957 bits per heavy atom. The summed E-state index contributed by atoms with van der Waals surface area (Å²) in [7, 11) is -4.04. The van der Waals surface area contributed by atoms with Crippen molar-refractivity contribution in [2.75, 3.05) is 19.6 Å². The van der Waals surface area contributed by atoms with E-state index in [1.165, 1.54) is 41.6 Å². The highest BCUT2D eigenvalue weighted by Gasteiger charge is 2.44. The number of aromatic nitrogens is 2. The summed E-state index contributed by atoms with van der Waals surface area (Å²) in [4.78, 5) is 22.8. The van der Waals surface area contributed by atoms with Crippen LogP contribution in [0.2, 0.25) is 5.02 Å². The average molecular weight is 660 g/mol. The van der Waals surface area contributed by atoms with Crippen molar-refractivity contribution in [3.63, 3.8) is 0 Å². The molecule has 1 amide bonds. The topological polar surface area (TPSA) is 102 Å². The van der Waals surface area contributed by atoms with Crippen molar-refractivity contribution in [3.05, 3.63) is 94.3 Å². The zero-order chi connectivity index (χ0) is 32.2. The smallest absolute Gasteiger partial charge is 0.253 e. The van der Waals surface area contributed by atoms with Crippen molar-refractivity contribution >= 4 is 38.6 Å². The van der Waals surface area contributed by atoms with Gasteiger partial charge in [-0.1, -0.05) is 53.6 Å². The molecule has 8 nitrogen and oxygen atoms in total. The fourth-order valence-corrected chi connectivity index (χ4v) is 9.69. The largest absolute Gasteiger partial charge is 0.339 e. The number of imidazole rings is 1. The average Bonchev–Trinajstić information content (AvgIpc) is 3.49. The van der Waals surface area contributed by atoms with Crippen LogP contribution in [0.4, 0.5) is 0 Å². The number of likely N-dealkylation sites (tertiary alicyclic amines) is 1.